The van der Waals surface area contributed by atoms with Gasteiger partial charge in [0, 0.05) is 10.6 Å². The van der Waals surface area contributed by atoms with Crippen LogP contribution in [0.25, 0.3) is 0 Å². The van der Waals surface area contributed by atoms with E-state index in [4.69, 9.17) is 4.74 Å². The highest BCUT2D eigenvalue weighted by atomic mass is 32.2. The van der Waals surface area contributed by atoms with Crippen LogP contribution >= 0.6 is 11.8 Å². The fourth-order valence-electron chi connectivity index (χ4n) is 1.79. The van der Waals surface area contributed by atoms with Gasteiger partial charge in [-0.15, -0.1) is 11.8 Å². The third kappa shape index (κ3) is 4.53. The van der Waals surface area contributed by atoms with Crippen LogP contribution in [0.3, 0.4) is 0 Å². The molecule has 0 radical (unpaired) electrons. The third-order valence-electron chi connectivity index (χ3n) is 3.06. The van der Waals surface area contributed by atoms with E-state index < -0.39 is 0 Å². The van der Waals surface area contributed by atoms with E-state index in [-0.39, 0.29) is 11.2 Å². The van der Waals surface area contributed by atoms with Crippen molar-refractivity contribution < 1.29 is 9.53 Å². The first kappa shape index (κ1) is 15.4. The number of carbonyl (C=O) groups is 1. The minimum Gasteiger partial charge on any atom is -0.497 e. The lowest BCUT2D eigenvalue weighted by molar-refractivity contribution is -0.115. The summed E-state index contributed by atoms with van der Waals surface area (Å²) in [6.45, 7) is 3.96. The highest BCUT2D eigenvalue weighted by molar-refractivity contribution is 8.00. The Morgan fingerprint density at radius 3 is 2.29 bits per heavy atom. The largest absolute Gasteiger partial charge is 0.497 e. The Labute approximate surface area is 129 Å². The predicted octanol–water partition coefficient (Wildman–Crippen LogP) is 4.12. The molecule has 0 aromatic heterocycles. The molecule has 1 amide bonds. The number of hydrogen-bond acceptors (Lipinski definition) is 3. The van der Waals surface area contributed by atoms with Crippen LogP contribution < -0.4 is 10.1 Å². The highest BCUT2D eigenvalue weighted by Crippen LogP contribution is 2.24. The van der Waals surface area contributed by atoms with Gasteiger partial charge in [0.25, 0.3) is 0 Å². The molecule has 110 valence electrons. The summed E-state index contributed by atoms with van der Waals surface area (Å²) in [6.07, 6.45) is 0. The number of amides is 1. The first-order chi connectivity index (χ1) is 10.1. The summed E-state index contributed by atoms with van der Waals surface area (Å²) >= 11 is 1.55. The lowest BCUT2D eigenvalue weighted by Gasteiger charge is -2.12. The Bertz CT molecular complexity index is 593. The minimum absolute atomic E-state index is 0.00857. The Morgan fingerprint density at radius 1 is 1.10 bits per heavy atom. The van der Waals surface area contributed by atoms with E-state index in [0.717, 1.165) is 16.3 Å². The van der Waals surface area contributed by atoms with Crippen molar-refractivity contribution in [2.45, 2.75) is 24.0 Å². The molecule has 0 unspecified atom stereocenters. The van der Waals surface area contributed by atoms with Crippen LogP contribution in [0.2, 0.25) is 0 Å². The van der Waals surface area contributed by atoms with Crippen LogP contribution in [-0.2, 0) is 4.79 Å². The van der Waals surface area contributed by atoms with Gasteiger partial charge in [-0.1, -0.05) is 17.7 Å². The van der Waals surface area contributed by atoms with Crippen LogP contribution in [-0.4, -0.2) is 18.3 Å². The number of methoxy groups -OCH3 is 1. The molecule has 2 aromatic carbocycles. The van der Waals surface area contributed by atoms with Crippen LogP contribution in [0.4, 0.5) is 5.69 Å². The lowest BCUT2D eigenvalue weighted by atomic mass is 10.2. The number of benzene rings is 2. The van der Waals surface area contributed by atoms with Gasteiger partial charge in [-0.25, -0.2) is 0 Å². The van der Waals surface area contributed by atoms with Gasteiger partial charge in [0.2, 0.25) is 5.91 Å². The van der Waals surface area contributed by atoms with Gasteiger partial charge in [0.05, 0.1) is 12.4 Å². The van der Waals surface area contributed by atoms with Crippen LogP contribution in [0.1, 0.15) is 12.5 Å². The molecule has 0 fully saturated rings. The fourth-order valence-corrected chi connectivity index (χ4v) is 2.66. The van der Waals surface area contributed by atoms with Gasteiger partial charge < -0.3 is 10.1 Å². The molecule has 0 aliphatic rings. The molecule has 0 aliphatic heterocycles. The molecule has 0 saturated heterocycles. The Morgan fingerprint density at radius 2 is 1.71 bits per heavy atom. The first-order valence-corrected chi connectivity index (χ1v) is 7.64. The molecule has 0 heterocycles. The zero-order valence-corrected chi connectivity index (χ0v) is 13.2. The summed E-state index contributed by atoms with van der Waals surface area (Å²) in [4.78, 5) is 13.3. The van der Waals surface area contributed by atoms with Gasteiger partial charge in [0.15, 0.2) is 0 Å². The molecule has 0 aliphatic carbocycles. The van der Waals surface area contributed by atoms with Gasteiger partial charge >= 0.3 is 0 Å². The molecular formula is C17H19NO2S. The molecule has 2 rings (SSSR count). The predicted molar refractivity (Wildman–Crippen MR) is 88.1 cm³/mol. The number of rotatable bonds is 5. The molecule has 1 atom stereocenters. The average Bonchev–Trinajstić information content (AvgIpc) is 2.50. The van der Waals surface area contributed by atoms with Crippen molar-refractivity contribution in [2.24, 2.45) is 0 Å². The van der Waals surface area contributed by atoms with Crippen molar-refractivity contribution >= 4 is 23.4 Å². The van der Waals surface area contributed by atoms with E-state index in [2.05, 4.69) is 17.4 Å². The van der Waals surface area contributed by atoms with E-state index >= 15 is 0 Å². The summed E-state index contributed by atoms with van der Waals surface area (Å²) in [5.41, 5.74) is 1.99. The number of hydrogen-bond donors (Lipinski definition) is 1. The fraction of sp³-hybridized carbons (Fsp3) is 0.235. The van der Waals surface area contributed by atoms with Crippen molar-refractivity contribution in [3.05, 3.63) is 54.1 Å². The third-order valence-corrected chi connectivity index (χ3v) is 4.17. The summed E-state index contributed by atoms with van der Waals surface area (Å²) < 4.78 is 5.09. The molecule has 0 saturated carbocycles. The van der Waals surface area contributed by atoms with E-state index in [1.54, 1.807) is 18.9 Å². The van der Waals surface area contributed by atoms with E-state index in [1.165, 1.54) is 5.56 Å². The molecule has 2 aromatic rings. The second-order valence-corrected chi connectivity index (χ2v) is 6.21. The van der Waals surface area contributed by atoms with Crippen molar-refractivity contribution in [3.8, 4) is 5.75 Å². The highest BCUT2D eigenvalue weighted by Gasteiger charge is 2.14. The second-order valence-electron chi connectivity index (χ2n) is 4.79. The smallest absolute Gasteiger partial charge is 0.237 e. The quantitative estimate of drug-likeness (QED) is 0.844. The minimum atomic E-state index is -0.158. The van der Waals surface area contributed by atoms with Crippen LogP contribution in [0, 0.1) is 6.92 Å². The summed E-state index contributed by atoms with van der Waals surface area (Å²) in [5.74, 6) is 0.765. The summed E-state index contributed by atoms with van der Waals surface area (Å²) in [5, 5.41) is 2.75. The molecule has 0 bridgehead atoms. The normalized spacial score (nSPS) is 11.8. The van der Waals surface area contributed by atoms with Crippen molar-refractivity contribution in [1.82, 2.24) is 0 Å². The second kappa shape index (κ2) is 7.18. The number of aryl methyl sites for hydroxylation is 1. The van der Waals surface area contributed by atoms with Crippen LogP contribution in [0.15, 0.2) is 53.4 Å². The molecule has 0 spiro atoms. The zero-order chi connectivity index (χ0) is 15.2. The number of thioether (sulfide) groups is 1. The number of carbonyl (C=O) groups excluding carboxylic acids is 1. The molecule has 21 heavy (non-hydrogen) atoms. The average molecular weight is 301 g/mol. The Hall–Kier alpha value is -1.94. The maximum Gasteiger partial charge on any atom is 0.237 e. The zero-order valence-electron chi connectivity index (χ0n) is 12.4. The Balaban J connectivity index is 1.93. The van der Waals surface area contributed by atoms with Crippen LogP contribution in [0.5, 0.6) is 5.75 Å². The van der Waals surface area contributed by atoms with Crippen molar-refractivity contribution in [1.29, 1.82) is 0 Å². The summed E-state index contributed by atoms with van der Waals surface area (Å²) in [7, 11) is 1.62. The van der Waals surface area contributed by atoms with Crippen molar-refractivity contribution in [2.75, 3.05) is 12.4 Å². The standard InChI is InChI=1S/C17H19NO2S/c1-12-4-10-16(11-5-12)21-13(2)17(19)18-14-6-8-15(20-3)9-7-14/h4-11,13H,1-3H3,(H,18,19)/t13-/m0/s1. The van der Waals surface area contributed by atoms with Gasteiger partial charge in [-0.05, 0) is 50.2 Å². The van der Waals surface area contributed by atoms with E-state index in [1.807, 2.05) is 50.2 Å². The number of nitrogens with one attached hydrogen (secondary N) is 1. The van der Waals surface area contributed by atoms with Crippen molar-refractivity contribution in [3.63, 3.8) is 0 Å². The van der Waals surface area contributed by atoms with E-state index in [9.17, 15) is 4.79 Å². The Kier molecular flexibility index (Phi) is 5.28. The van der Waals surface area contributed by atoms with E-state index in [0.29, 0.717) is 0 Å². The molecular weight excluding hydrogens is 282 g/mol. The first-order valence-electron chi connectivity index (χ1n) is 6.77. The molecule has 1 N–H and O–H groups in total. The maximum atomic E-state index is 12.2. The summed E-state index contributed by atoms with van der Waals surface area (Å²) in [6, 6.07) is 15.5. The molecule has 4 heteroatoms. The SMILES string of the molecule is COc1ccc(NC(=O)[C@H](C)Sc2ccc(C)cc2)cc1. The number of ether oxygens (including phenoxy) is 1. The monoisotopic (exact) mass is 301 g/mol. The number of anilines is 1. The van der Waals surface area contributed by atoms with Gasteiger partial charge in [-0.3, -0.25) is 4.79 Å². The van der Waals surface area contributed by atoms with Gasteiger partial charge in [0.1, 0.15) is 5.75 Å². The molecule has 3 nitrogen and oxygen atoms in total. The maximum absolute atomic E-state index is 12.2. The van der Waals surface area contributed by atoms with Gasteiger partial charge in [-0.2, -0.15) is 0 Å². The topological polar surface area (TPSA) is 38.3 Å². The lowest BCUT2D eigenvalue weighted by Crippen LogP contribution is -2.22.